The number of hydrogen-bond donors (Lipinski definition) is 1. The third kappa shape index (κ3) is 7.57. The molecule has 2 fully saturated rings. The maximum Gasteiger partial charge on any atom is 0.209 e. The van der Waals surface area contributed by atoms with Crippen molar-refractivity contribution in [3.8, 4) is 11.1 Å². The molecular weight excluding hydrogens is 470 g/mol. The number of likely N-dealkylation sites (tertiary alicyclic amines) is 1. The zero-order chi connectivity index (χ0) is 25.8. The Kier molecular flexibility index (Phi) is 11.8. The number of aliphatic hydroxyl groups is 1. The summed E-state index contributed by atoms with van der Waals surface area (Å²) in [6, 6.07) is 14.2. The quantitative estimate of drug-likeness (QED) is 0.266. The van der Waals surface area contributed by atoms with Crippen LogP contribution in [0, 0.1) is 5.92 Å². The van der Waals surface area contributed by atoms with Crippen LogP contribution in [0.4, 0.5) is 0 Å². The fourth-order valence-electron chi connectivity index (χ4n) is 5.70. The number of carbonyl (C=O) groups is 1. The smallest absolute Gasteiger partial charge is 0.209 e. The van der Waals surface area contributed by atoms with Gasteiger partial charge in [0.15, 0.2) is 0 Å². The third-order valence-electron chi connectivity index (χ3n) is 7.79. The Morgan fingerprint density at radius 2 is 1.81 bits per heavy atom. The number of piperidine rings is 1. The van der Waals surface area contributed by atoms with E-state index in [1.54, 1.807) is 12.0 Å². The summed E-state index contributed by atoms with van der Waals surface area (Å²) in [5.74, 6) is -0.0411. The zero-order valence-electron chi connectivity index (χ0n) is 22.2. The van der Waals surface area contributed by atoms with Crippen molar-refractivity contribution in [2.75, 3.05) is 26.8 Å². The molecule has 5 heteroatoms. The molecule has 0 bridgehead atoms. The van der Waals surface area contributed by atoms with E-state index in [9.17, 15) is 9.90 Å². The number of hydrogen-bond acceptors (Lipinski definition) is 3. The molecule has 1 N–H and O–H groups in total. The van der Waals surface area contributed by atoms with Crippen molar-refractivity contribution in [1.29, 1.82) is 0 Å². The maximum absolute atomic E-state index is 12.3. The lowest BCUT2D eigenvalue weighted by Gasteiger charge is -2.43. The van der Waals surface area contributed by atoms with Gasteiger partial charge in [0, 0.05) is 43.3 Å². The van der Waals surface area contributed by atoms with E-state index in [4.69, 9.17) is 16.3 Å². The van der Waals surface area contributed by atoms with Gasteiger partial charge in [-0.2, -0.15) is 0 Å². The van der Waals surface area contributed by atoms with Crippen LogP contribution in [0.2, 0.25) is 5.02 Å². The average molecular weight is 514 g/mol. The van der Waals surface area contributed by atoms with E-state index in [0.29, 0.717) is 24.6 Å². The molecular formula is C31H44ClNO3. The van der Waals surface area contributed by atoms with Gasteiger partial charge in [-0.3, -0.25) is 4.79 Å². The summed E-state index contributed by atoms with van der Waals surface area (Å²) in [4.78, 5) is 13.3. The molecule has 36 heavy (non-hydrogen) atoms. The number of ether oxygens (including phenoxy) is 1. The zero-order valence-corrected chi connectivity index (χ0v) is 22.9. The normalized spacial score (nSPS) is 19.3. The summed E-state index contributed by atoms with van der Waals surface area (Å²) in [5, 5.41) is 12.9. The van der Waals surface area contributed by atoms with Gasteiger partial charge in [-0.05, 0) is 61.3 Å². The summed E-state index contributed by atoms with van der Waals surface area (Å²) < 4.78 is 5.22. The van der Waals surface area contributed by atoms with Crippen LogP contribution in [0.15, 0.2) is 42.5 Å². The molecule has 2 aliphatic rings. The van der Waals surface area contributed by atoms with Crippen LogP contribution >= 0.6 is 11.6 Å². The summed E-state index contributed by atoms with van der Waals surface area (Å²) in [5.41, 5.74) is 2.95. The molecule has 198 valence electrons. The van der Waals surface area contributed by atoms with Gasteiger partial charge in [0.1, 0.15) is 0 Å². The molecule has 2 aromatic rings. The predicted octanol–water partition coefficient (Wildman–Crippen LogP) is 7.39. The SMILES string of the molecule is C1CCCC1.CCc1cccc(-c2c(Cl)cccc2C(O)(CCCCOC)C2CCCN(C=O)C2)c1. The number of benzene rings is 2. The monoisotopic (exact) mass is 513 g/mol. The minimum atomic E-state index is -1.07. The molecule has 0 spiro atoms. The standard InChI is InChI=1S/C26H34ClNO3.C5H10/c1-3-20-9-6-10-21(17-20)25-23(12-7-13-24(25)27)26(30,14-4-5-16-31-2)22-11-8-15-28(18-22)19-29;1-2-4-5-3-1/h6-7,9-10,12-13,17,19,22,30H,3-5,8,11,14-16,18H2,1-2H3;1-5H2. The van der Waals surface area contributed by atoms with E-state index in [0.717, 1.165) is 61.7 Å². The number of aryl methyl sites for hydroxylation is 1. The second-order valence-corrected chi connectivity index (χ2v) is 10.7. The van der Waals surface area contributed by atoms with E-state index in [1.807, 2.05) is 24.3 Å². The summed E-state index contributed by atoms with van der Waals surface area (Å²) in [6.45, 7) is 4.11. The van der Waals surface area contributed by atoms with Crippen LogP contribution in [0.3, 0.4) is 0 Å². The lowest BCUT2D eigenvalue weighted by Crippen LogP contribution is -2.46. The van der Waals surface area contributed by atoms with Crippen LogP contribution in [0.5, 0.6) is 0 Å². The number of methoxy groups -OCH3 is 1. The summed E-state index contributed by atoms with van der Waals surface area (Å²) in [6.07, 6.45) is 13.4. The average Bonchev–Trinajstić information content (AvgIpc) is 3.51. The molecule has 1 saturated carbocycles. The van der Waals surface area contributed by atoms with Gasteiger partial charge >= 0.3 is 0 Å². The topological polar surface area (TPSA) is 49.8 Å². The van der Waals surface area contributed by atoms with E-state index in [-0.39, 0.29) is 5.92 Å². The van der Waals surface area contributed by atoms with Crippen LogP contribution in [0.1, 0.15) is 82.3 Å². The Hall–Kier alpha value is -1.88. The van der Waals surface area contributed by atoms with Gasteiger partial charge in [-0.25, -0.2) is 0 Å². The molecule has 1 aliphatic heterocycles. The second kappa shape index (κ2) is 14.8. The first kappa shape index (κ1) is 28.7. The number of halogens is 1. The van der Waals surface area contributed by atoms with Crippen LogP contribution in [-0.2, 0) is 21.6 Å². The van der Waals surface area contributed by atoms with Crippen molar-refractivity contribution in [2.45, 2.75) is 83.2 Å². The molecule has 1 saturated heterocycles. The molecule has 1 aliphatic carbocycles. The van der Waals surface area contributed by atoms with Gasteiger partial charge in [-0.1, -0.05) is 87.0 Å². The predicted molar refractivity (Wildman–Crippen MR) is 149 cm³/mol. The Balaban J connectivity index is 0.000000642. The van der Waals surface area contributed by atoms with Gasteiger partial charge in [0.25, 0.3) is 0 Å². The molecule has 2 aromatic carbocycles. The summed E-state index contributed by atoms with van der Waals surface area (Å²) >= 11 is 6.75. The lowest BCUT2D eigenvalue weighted by atomic mass is 9.72. The number of amides is 1. The Labute approximate surface area is 223 Å². The Morgan fingerprint density at radius 1 is 1.08 bits per heavy atom. The first-order chi connectivity index (χ1) is 17.5. The van der Waals surface area contributed by atoms with E-state index >= 15 is 0 Å². The van der Waals surface area contributed by atoms with Gasteiger partial charge < -0.3 is 14.7 Å². The van der Waals surface area contributed by atoms with Crippen LogP contribution in [-0.4, -0.2) is 43.2 Å². The first-order valence-corrected chi connectivity index (χ1v) is 14.2. The number of unbranched alkanes of at least 4 members (excludes halogenated alkanes) is 1. The molecule has 0 aromatic heterocycles. The Morgan fingerprint density at radius 3 is 2.47 bits per heavy atom. The molecule has 2 unspecified atom stereocenters. The van der Waals surface area contributed by atoms with Gasteiger partial charge in [-0.15, -0.1) is 0 Å². The highest BCUT2D eigenvalue weighted by Gasteiger charge is 2.42. The number of nitrogens with zero attached hydrogens (tertiary/aromatic N) is 1. The molecule has 2 atom stereocenters. The second-order valence-electron chi connectivity index (χ2n) is 10.3. The third-order valence-corrected chi connectivity index (χ3v) is 8.10. The van der Waals surface area contributed by atoms with Crippen molar-refractivity contribution in [3.63, 3.8) is 0 Å². The minimum absolute atomic E-state index is 0.0411. The maximum atomic E-state index is 12.3. The van der Waals surface area contributed by atoms with Gasteiger partial charge in [0.2, 0.25) is 6.41 Å². The molecule has 1 heterocycles. The fourth-order valence-corrected chi connectivity index (χ4v) is 5.98. The molecule has 1 amide bonds. The van der Waals surface area contributed by atoms with Gasteiger partial charge in [0.05, 0.1) is 5.60 Å². The van der Waals surface area contributed by atoms with Crippen LogP contribution < -0.4 is 0 Å². The highest BCUT2D eigenvalue weighted by Crippen LogP contribution is 2.45. The van der Waals surface area contributed by atoms with Crippen molar-refractivity contribution in [3.05, 3.63) is 58.6 Å². The molecule has 0 radical (unpaired) electrons. The van der Waals surface area contributed by atoms with E-state index in [2.05, 4.69) is 25.1 Å². The van der Waals surface area contributed by atoms with Crippen molar-refractivity contribution >= 4 is 18.0 Å². The minimum Gasteiger partial charge on any atom is -0.385 e. The van der Waals surface area contributed by atoms with Crippen molar-refractivity contribution in [1.82, 2.24) is 4.90 Å². The largest absolute Gasteiger partial charge is 0.385 e. The number of rotatable bonds is 10. The fraction of sp³-hybridized carbons (Fsp3) is 0.581. The molecule has 4 rings (SSSR count). The first-order valence-electron chi connectivity index (χ1n) is 13.8. The lowest BCUT2D eigenvalue weighted by molar-refractivity contribution is -0.123. The van der Waals surface area contributed by atoms with E-state index < -0.39 is 5.60 Å². The van der Waals surface area contributed by atoms with Crippen molar-refractivity contribution in [2.24, 2.45) is 5.92 Å². The number of carbonyl (C=O) groups excluding carboxylic acids is 1. The highest BCUT2D eigenvalue weighted by molar-refractivity contribution is 6.33. The van der Waals surface area contributed by atoms with E-state index in [1.165, 1.54) is 37.7 Å². The Bertz CT molecular complexity index is 938. The highest BCUT2D eigenvalue weighted by atomic mass is 35.5. The van der Waals surface area contributed by atoms with Crippen LogP contribution in [0.25, 0.3) is 11.1 Å². The molecule has 4 nitrogen and oxygen atoms in total. The van der Waals surface area contributed by atoms with Crippen molar-refractivity contribution < 1.29 is 14.6 Å². The summed E-state index contributed by atoms with van der Waals surface area (Å²) in [7, 11) is 1.70.